The van der Waals surface area contributed by atoms with Gasteiger partial charge in [0.25, 0.3) is 11.1 Å². The zero-order valence-electron chi connectivity index (χ0n) is 16.2. The third-order valence-corrected chi connectivity index (χ3v) is 7.54. The number of thiophene rings is 1. The van der Waals surface area contributed by atoms with Crippen LogP contribution in [0.4, 0.5) is 0 Å². The molecule has 4 heterocycles. The van der Waals surface area contributed by atoms with Gasteiger partial charge < -0.3 is 0 Å². The Morgan fingerprint density at radius 2 is 1.97 bits per heavy atom. The molecule has 0 bridgehead atoms. The highest BCUT2D eigenvalue weighted by Crippen LogP contribution is 2.32. The third-order valence-electron chi connectivity index (χ3n) is 4.69. The highest BCUT2D eigenvalue weighted by Gasteiger charge is 2.15. The number of thioether (sulfide) groups is 1. The van der Waals surface area contributed by atoms with Crippen molar-refractivity contribution in [2.75, 3.05) is 0 Å². The van der Waals surface area contributed by atoms with E-state index in [1.54, 1.807) is 16.8 Å². The van der Waals surface area contributed by atoms with Gasteiger partial charge in [0, 0.05) is 34.8 Å². The van der Waals surface area contributed by atoms with Gasteiger partial charge in [-0.05, 0) is 11.6 Å². The molecule has 0 amide bonds. The quantitative estimate of drug-likeness (QED) is 0.207. The number of allylic oxidation sites excluding steroid dienone is 1. The van der Waals surface area contributed by atoms with Crippen LogP contribution in [0.2, 0.25) is 0 Å². The van der Waals surface area contributed by atoms with Crippen molar-refractivity contribution in [2.45, 2.75) is 17.5 Å². The van der Waals surface area contributed by atoms with Gasteiger partial charge in [0.05, 0.1) is 11.1 Å². The van der Waals surface area contributed by atoms with Crippen molar-refractivity contribution in [2.24, 2.45) is 0 Å². The summed E-state index contributed by atoms with van der Waals surface area (Å²) in [6, 6.07) is 13.4. The first-order chi connectivity index (χ1) is 15.1. The van der Waals surface area contributed by atoms with Crippen LogP contribution in [0.5, 0.6) is 0 Å². The van der Waals surface area contributed by atoms with Gasteiger partial charge in [0.1, 0.15) is 4.83 Å². The van der Waals surface area contributed by atoms with E-state index in [9.17, 15) is 9.59 Å². The number of rotatable bonds is 6. The molecule has 4 aromatic heterocycles. The van der Waals surface area contributed by atoms with Gasteiger partial charge in [0.15, 0.2) is 10.1 Å². The Morgan fingerprint density at radius 3 is 2.77 bits per heavy atom. The smallest absolute Gasteiger partial charge is 0.263 e. The number of fused-ring (bicyclic) bond motifs is 2. The predicted molar refractivity (Wildman–Crippen MR) is 128 cm³/mol. The van der Waals surface area contributed by atoms with E-state index in [4.69, 9.17) is 4.98 Å². The van der Waals surface area contributed by atoms with Crippen LogP contribution in [0.25, 0.3) is 25.6 Å². The number of aromatic nitrogens is 4. The second kappa shape index (κ2) is 8.26. The fraction of sp³-hybridized carbons (Fsp3) is 0.0909. The zero-order valence-corrected chi connectivity index (χ0v) is 18.7. The lowest BCUT2D eigenvalue weighted by molar-refractivity contribution is 0.672. The van der Waals surface area contributed by atoms with E-state index in [0.717, 1.165) is 10.4 Å². The maximum absolute atomic E-state index is 13.2. The molecule has 0 saturated heterocycles. The fourth-order valence-corrected chi connectivity index (χ4v) is 5.96. The first kappa shape index (κ1) is 19.9. The summed E-state index contributed by atoms with van der Waals surface area (Å²) in [7, 11) is 0. The molecule has 1 aromatic carbocycles. The summed E-state index contributed by atoms with van der Waals surface area (Å²) in [4.78, 5) is 37.1. The number of benzene rings is 1. The number of hydrogen-bond donors (Lipinski definition) is 0. The number of thiazole rings is 1. The van der Waals surface area contributed by atoms with Crippen LogP contribution in [0.15, 0.2) is 81.4 Å². The molecule has 0 fully saturated rings. The fourth-order valence-electron chi connectivity index (χ4n) is 3.24. The molecule has 0 radical (unpaired) electrons. The number of hydrogen-bond acceptors (Lipinski definition) is 7. The summed E-state index contributed by atoms with van der Waals surface area (Å²) in [6.45, 7) is 4.14. The van der Waals surface area contributed by atoms with Gasteiger partial charge in [-0.1, -0.05) is 48.2 Å². The first-order valence-electron chi connectivity index (χ1n) is 9.43. The number of nitrogens with zero attached hydrogens (tertiary/aromatic N) is 4. The van der Waals surface area contributed by atoms with E-state index in [1.807, 2.05) is 41.8 Å². The van der Waals surface area contributed by atoms with Gasteiger partial charge in [-0.25, -0.2) is 9.97 Å². The molecule has 6 nitrogen and oxygen atoms in total. The van der Waals surface area contributed by atoms with E-state index in [-0.39, 0.29) is 11.1 Å². The second-order valence-electron chi connectivity index (χ2n) is 6.72. The van der Waals surface area contributed by atoms with E-state index >= 15 is 0 Å². The molecule has 0 aliphatic carbocycles. The van der Waals surface area contributed by atoms with Crippen LogP contribution in [-0.4, -0.2) is 18.9 Å². The molecular formula is C22H16N4O2S3. The Kier molecular flexibility index (Phi) is 5.31. The minimum Gasteiger partial charge on any atom is -0.283 e. The summed E-state index contributed by atoms with van der Waals surface area (Å²) in [5.41, 5.74) is 1.52. The molecule has 9 heteroatoms. The minimum absolute atomic E-state index is 0.0902. The van der Waals surface area contributed by atoms with Crippen molar-refractivity contribution in [1.29, 1.82) is 0 Å². The summed E-state index contributed by atoms with van der Waals surface area (Å²) in [5.74, 6) is 0.440. The lowest BCUT2D eigenvalue weighted by Gasteiger charge is -2.09. The van der Waals surface area contributed by atoms with Crippen LogP contribution in [0, 0.1) is 0 Å². The zero-order chi connectivity index (χ0) is 21.4. The molecular weight excluding hydrogens is 448 g/mol. The summed E-state index contributed by atoms with van der Waals surface area (Å²) in [5, 5.41) is 3.03. The molecule has 31 heavy (non-hydrogen) atoms. The normalized spacial score (nSPS) is 11.4. The van der Waals surface area contributed by atoms with Gasteiger partial charge in [0.2, 0.25) is 0 Å². The topological polar surface area (TPSA) is 69.3 Å². The molecule has 5 aromatic rings. The largest absolute Gasteiger partial charge is 0.283 e. The van der Waals surface area contributed by atoms with Gasteiger partial charge >= 0.3 is 0 Å². The van der Waals surface area contributed by atoms with Crippen molar-refractivity contribution >= 4 is 49.6 Å². The van der Waals surface area contributed by atoms with Crippen LogP contribution in [-0.2, 0) is 12.3 Å². The second-order valence-corrected chi connectivity index (χ2v) is 9.57. The third kappa shape index (κ3) is 3.76. The van der Waals surface area contributed by atoms with Crippen molar-refractivity contribution in [3.8, 4) is 10.4 Å². The molecule has 154 valence electrons. The predicted octanol–water partition coefficient (Wildman–Crippen LogP) is 4.67. The van der Waals surface area contributed by atoms with Crippen molar-refractivity contribution in [1.82, 2.24) is 18.9 Å². The van der Waals surface area contributed by atoms with E-state index < -0.39 is 0 Å². The van der Waals surface area contributed by atoms with Crippen LogP contribution >= 0.6 is 34.4 Å². The van der Waals surface area contributed by atoms with Crippen molar-refractivity contribution in [3.05, 3.63) is 93.1 Å². The Bertz CT molecular complexity index is 1530. The summed E-state index contributed by atoms with van der Waals surface area (Å²) < 4.78 is 3.14. The van der Waals surface area contributed by atoms with Gasteiger partial charge in [-0.3, -0.25) is 18.6 Å². The average molecular weight is 465 g/mol. The minimum atomic E-state index is -0.112. The van der Waals surface area contributed by atoms with Crippen LogP contribution < -0.4 is 11.1 Å². The lowest BCUT2D eigenvalue weighted by Crippen LogP contribution is -2.22. The highest BCUT2D eigenvalue weighted by molar-refractivity contribution is 7.98. The molecule has 0 atom stereocenters. The molecule has 0 spiro atoms. The molecule has 0 N–H and O–H groups in total. The van der Waals surface area contributed by atoms with Crippen LogP contribution in [0.3, 0.4) is 0 Å². The van der Waals surface area contributed by atoms with Crippen molar-refractivity contribution < 1.29 is 0 Å². The Hall–Kier alpha value is -3.01. The molecule has 0 saturated carbocycles. The van der Waals surface area contributed by atoms with Gasteiger partial charge in [-0.2, -0.15) is 0 Å². The van der Waals surface area contributed by atoms with Gasteiger partial charge in [-0.15, -0.1) is 29.3 Å². The van der Waals surface area contributed by atoms with Crippen molar-refractivity contribution in [3.63, 3.8) is 0 Å². The highest BCUT2D eigenvalue weighted by atomic mass is 32.2. The van der Waals surface area contributed by atoms with Crippen LogP contribution in [0.1, 0.15) is 5.69 Å². The monoisotopic (exact) mass is 464 g/mol. The Balaban J connectivity index is 1.54. The molecule has 0 aliphatic heterocycles. The Labute approximate surface area is 189 Å². The Morgan fingerprint density at radius 1 is 1.13 bits per heavy atom. The maximum Gasteiger partial charge on any atom is 0.263 e. The molecule has 5 rings (SSSR count). The standard InChI is InChI=1S/C22H16N4O2S3/c1-2-8-26-20(28)16-12-17(14-6-4-3-5-7-14)31-19(16)24-22(26)30-13-15-11-18(27)25-9-10-29-21(25)23-15/h2-7,9-12H,1,8,13H2. The maximum atomic E-state index is 13.2. The molecule has 0 unspecified atom stereocenters. The van der Waals surface area contributed by atoms with E-state index in [2.05, 4.69) is 11.6 Å². The van der Waals surface area contributed by atoms with E-state index in [0.29, 0.717) is 38.3 Å². The first-order valence-corrected chi connectivity index (χ1v) is 12.1. The summed E-state index contributed by atoms with van der Waals surface area (Å²) in [6.07, 6.45) is 3.40. The SMILES string of the molecule is C=CCn1c(SCc2cc(=O)n3ccsc3n2)nc2sc(-c3ccccc3)cc2c1=O. The van der Waals surface area contributed by atoms with E-state index in [1.165, 1.54) is 44.9 Å². The lowest BCUT2D eigenvalue weighted by atomic mass is 10.2. The molecule has 0 aliphatic rings. The summed E-state index contributed by atoms with van der Waals surface area (Å²) >= 11 is 4.31. The average Bonchev–Trinajstić information content (AvgIpc) is 3.43.